The van der Waals surface area contributed by atoms with Crippen molar-refractivity contribution in [2.45, 2.75) is 78.0 Å². The van der Waals surface area contributed by atoms with Crippen LogP contribution in [0.25, 0.3) is 10.9 Å². The van der Waals surface area contributed by atoms with Gasteiger partial charge < -0.3 is 4.98 Å². The van der Waals surface area contributed by atoms with Crippen LogP contribution in [0.1, 0.15) is 79.9 Å². The van der Waals surface area contributed by atoms with E-state index in [0.717, 1.165) is 47.2 Å². The molecule has 5 rings (SSSR count). The highest BCUT2D eigenvalue weighted by Crippen LogP contribution is 2.35. The molecule has 0 spiro atoms. The number of hydrogen-bond donors (Lipinski definition) is 1. The Morgan fingerprint density at radius 1 is 1.14 bits per heavy atom. The van der Waals surface area contributed by atoms with Crippen molar-refractivity contribution in [1.82, 2.24) is 30.1 Å². The maximum absolute atomic E-state index is 13.2. The minimum atomic E-state index is -0.0336. The fourth-order valence-electron chi connectivity index (χ4n) is 5.42. The van der Waals surface area contributed by atoms with Gasteiger partial charge in [0.05, 0.1) is 12.1 Å². The van der Waals surface area contributed by atoms with Crippen LogP contribution >= 0.6 is 11.3 Å². The Kier molecular flexibility index (Phi) is 7.11. The highest BCUT2D eigenvalue weighted by atomic mass is 32.1. The van der Waals surface area contributed by atoms with E-state index in [0.29, 0.717) is 12.6 Å². The zero-order valence-corrected chi connectivity index (χ0v) is 21.6. The van der Waals surface area contributed by atoms with Crippen LogP contribution in [0.15, 0.2) is 46.6 Å². The van der Waals surface area contributed by atoms with Gasteiger partial charge in [0, 0.05) is 29.0 Å². The van der Waals surface area contributed by atoms with E-state index in [1.807, 2.05) is 19.1 Å². The van der Waals surface area contributed by atoms with Crippen LogP contribution in [0, 0.1) is 12.8 Å². The van der Waals surface area contributed by atoms with Crippen LogP contribution in [0.3, 0.4) is 0 Å². The quantitative estimate of drug-likeness (QED) is 0.338. The number of rotatable bonds is 8. The minimum Gasteiger partial charge on any atom is -0.322 e. The maximum atomic E-state index is 13.2. The van der Waals surface area contributed by atoms with Crippen LogP contribution in [0.2, 0.25) is 0 Å². The maximum Gasteiger partial charge on any atom is 0.252 e. The van der Waals surface area contributed by atoms with E-state index in [-0.39, 0.29) is 17.5 Å². The van der Waals surface area contributed by atoms with Gasteiger partial charge in [-0.1, -0.05) is 51.3 Å². The molecule has 0 bridgehead atoms. The van der Waals surface area contributed by atoms with Crippen molar-refractivity contribution >= 4 is 22.2 Å². The molecule has 4 aromatic rings. The van der Waals surface area contributed by atoms with Gasteiger partial charge in [-0.15, -0.1) is 16.4 Å². The predicted molar refractivity (Wildman–Crippen MR) is 140 cm³/mol. The van der Waals surface area contributed by atoms with Gasteiger partial charge in [0.15, 0.2) is 5.82 Å². The van der Waals surface area contributed by atoms with E-state index in [1.165, 1.54) is 24.1 Å². The highest BCUT2D eigenvalue weighted by molar-refractivity contribution is 7.09. The van der Waals surface area contributed by atoms with Gasteiger partial charge in [0.2, 0.25) is 0 Å². The van der Waals surface area contributed by atoms with E-state index in [9.17, 15) is 4.79 Å². The summed E-state index contributed by atoms with van der Waals surface area (Å²) in [6, 6.07) is 12.8. The fourth-order valence-corrected chi connectivity index (χ4v) is 6.15. The molecule has 0 amide bonds. The molecule has 184 valence electrons. The Labute approximate surface area is 210 Å². The van der Waals surface area contributed by atoms with Crippen molar-refractivity contribution in [2.75, 3.05) is 0 Å². The van der Waals surface area contributed by atoms with Crippen molar-refractivity contribution in [1.29, 1.82) is 0 Å². The number of tetrazole rings is 1. The summed E-state index contributed by atoms with van der Waals surface area (Å²) >= 11 is 1.74. The first-order chi connectivity index (χ1) is 17.0. The number of H-pyrrole nitrogens is 1. The van der Waals surface area contributed by atoms with E-state index < -0.39 is 0 Å². The van der Waals surface area contributed by atoms with Crippen molar-refractivity contribution in [3.05, 3.63) is 74.0 Å². The summed E-state index contributed by atoms with van der Waals surface area (Å²) < 4.78 is 2.08. The van der Waals surface area contributed by atoms with Crippen molar-refractivity contribution in [3.63, 3.8) is 0 Å². The summed E-state index contributed by atoms with van der Waals surface area (Å²) in [5.74, 6) is 1.18. The van der Waals surface area contributed by atoms with Gasteiger partial charge >= 0.3 is 0 Å². The van der Waals surface area contributed by atoms with E-state index in [1.54, 1.807) is 11.3 Å². The minimum absolute atomic E-state index is 0.0119. The number of aryl methyl sites for hydroxylation is 1. The molecule has 3 aromatic heterocycles. The first-order valence-electron chi connectivity index (χ1n) is 12.7. The molecule has 1 atom stereocenters. The van der Waals surface area contributed by atoms with Crippen LogP contribution in [0.4, 0.5) is 0 Å². The molecule has 0 unspecified atom stereocenters. The summed E-state index contributed by atoms with van der Waals surface area (Å²) in [4.78, 5) is 19.9. The second-order valence-corrected chi connectivity index (χ2v) is 11.2. The number of aromatic amines is 1. The Morgan fingerprint density at radius 2 is 1.97 bits per heavy atom. The van der Waals surface area contributed by atoms with Gasteiger partial charge in [-0.2, -0.15) is 0 Å². The molecule has 0 radical (unpaired) electrons. The van der Waals surface area contributed by atoms with Crippen LogP contribution < -0.4 is 5.56 Å². The predicted octanol–water partition coefficient (Wildman–Crippen LogP) is 5.79. The number of nitrogens with zero attached hydrogens (tertiary/aromatic N) is 5. The molecule has 7 nitrogen and oxygen atoms in total. The Balaban J connectivity index is 1.54. The van der Waals surface area contributed by atoms with Crippen molar-refractivity contribution in [3.8, 4) is 0 Å². The first kappa shape index (κ1) is 23.9. The molecular formula is C27H34N6OS. The number of fused-ring (bicyclic) bond motifs is 1. The lowest BCUT2D eigenvalue weighted by atomic mass is 9.94. The summed E-state index contributed by atoms with van der Waals surface area (Å²) in [5, 5.41) is 16.3. The number of pyridine rings is 1. The lowest BCUT2D eigenvalue weighted by molar-refractivity contribution is 0.122. The standard InChI is InChI=1S/C27H34N6OS/c1-18(2)25(26-29-30-31-33(26)22-8-5-4-6-9-22)32(17-23-10-7-13-35-23)16-21-15-20-12-11-19(3)14-24(20)28-27(21)34/h7,10-15,18,22,25H,4-6,8-9,16-17H2,1-3H3,(H,28,34)/t25-/m1/s1. The SMILES string of the molecule is Cc1ccc2cc(CN(Cc3cccs3)[C@@H](c3nnnn3C3CCCCC3)C(C)C)c(=O)[nH]c2c1. The summed E-state index contributed by atoms with van der Waals surface area (Å²) in [6.45, 7) is 7.75. The van der Waals surface area contributed by atoms with Crippen molar-refractivity contribution in [2.24, 2.45) is 5.92 Å². The number of benzene rings is 1. The molecule has 0 aliphatic heterocycles. The summed E-state index contributed by atoms with van der Waals surface area (Å²) in [5.41, 5.74) is 2.74. The number of hydrogen-bond acceptors (Lipinski definition) is 6. The van der Waals surface area contributed by atoms with Crippen molar-refractivity contribution < 1.29 is 0 Å². The Hall–Kier alpha value is -2.84. The third-order valence-corrected chi connectivity index (χ3v) is 7.98. The molecule has 1 fully saturated rings. The van der Waals surface area contributed by atoms with E-state index >= 15 is 0 Å². The zero-order chi connectivity index (χ0) is 24.4. The van der Waals surface area contributed by atoms with Gasteiger partial charge in [0.1, 0.15) is 0 Å². The molecule has 1 aliphatic carbocycles. The molecule has 3 heterocycles. The highest BCUT2D eigenvalue weighted by Gasteiger charge is 2.32. The topological polar surface area (TPSA) is 79.7 Å². The monoisotopic (exact) mass is 490 g/mol. The Morgan fingerprint density at radius 3 is 2.71 bits per heavy atom. The first-order valence-corrected chi connectivity index (χ1v) is 13.5. The third-order valence-electron chi connectivity index (χ3n) is 7.12. The van der Waals surface area contributed by atoms with Crippen LogP contribution in [0.5, 0.6) is 0 Å². The van der Waals surface area contributed by atoms with Crippen LogP contribution in [-0.2, 0) is 13.1 Å². The molecule has 1 aromatic carbocycles. The van der Waals surface area contributed by atoms with Gasteiger partial charge in [-0.05, 0) is 70.6 Å². The zero-order valence-electron chi connectivity index (χ0n) is 20.8. The van der Waals surface area contributed by atoms with E-state index in [2.05, 4.69) is 73.6 Å². The number of nitrogens with one attached hydrogen (secondary N) is 1. The number of thiophene rings is 1. The average Bonchev–Trinajstić information content (AvgIpc) is 3.53. The average molecular weight is 491 g/mol. The van der Waals surface area contributed by atoms with Crippen LogP contribution in [-0.4, -0.2) is 30.1 Å². The molecule has 0 saturated heterocycles. The fraction of sp³-hybridized carbons (Fsp3) is 0.481. The lowest BCUT2D eigenvalue weighted by Gasteiger charge is -2.34. The summed E-state index contributed by atoms with van der Waals surface area (Å²) in [6.07, 6.45) is 5.98. The number of aromatic nitrogens is 5. The van der Waals surface area contributed by atoms with Gasteiger partial charge in [-0.25, -0.2) is 4.68 Å². The third kappa shape index (κ3) is 5.23. The summed E-state index contributed by atoms with van der Waals surface area (Å²) in [7, 11) is 0. The Bertz CT molecular complexity index is 1320. The normalized spacial score (nSPS) is 15.9. The largest absolute Gasteiger partial charge is 0.322 e. The van der Waals surface area contributed by atoms with Gasteiger partial charge in [0.25, 0.3) is 5.56 Å². The second kappa shape index (κ2) is 10.4. The van der Waals surface area contributed by atoms with Gasteiger partial charge in [-0.3, -0.25) is 9.69 Å². The van der Waals surface area contributed by atoms with E-state index in [4.69, 9.17) is 0 Å². The molecule has 1 aliphatic rings. The smallest absolute Gasteiger partial charge is 0.252 e. The second-order valence-electron chi connectivity index (χ2n) is 10.2. The molecule has 35 heavy (non-hydrogen) atoms. The molecule has 8 heteroatoms. The lowest BCUT2D eigenvalue weighted by Crippen LogP contribution is -2.35. The molecular weight excluding hydrogens is 456 g/mol. The molecule has 1 saturated carbocycles. The molecule has 1 N–H and O–H groups in total.